The van der Waals surface area contributed by atoms with Gasteiger partial charge in [0.15, 0.2) is 0 Å². The second-order valence-corrected chi connectivity index (χ2v) is 7.00. The van der Waals surface area contributed by atoms with Crippen LogP contribution in [0.2, 0.25) is 0 Å². The molecular formula is C17H25N5O2. The first-order valence-electron chi connectivity index (χ1n) is 8.40. The first-order valence-corrected chi connectivity index (χ1v) is 8.40. The highest BCUT2D eigenvalue weighted by Crippen LogP contribution is 2.49. The Labute approximate surface area is 141 Å². The maximum absolute atomic E-state index is 12.7. The van der Waals surface area contributed by atoms with Crippen LogP contribution in [0.4, 0.5) is 0 Å². The molecule has 0 aliphatic heterocycles. The van der Waals surface area contributed by atoms with Gasteiger partial charge < -0.3 is 10.4 Å². The normalized spacial score (nSPS) is 17.5. The number of nitrogens with zero attached hydrogens (tertiary/aromatic N) is 4. The van der Waals surface area contributed by atoms with Crippen molar-refractivity contribution in [2.24, 2.45) is 12.5 Å². The van der Waals surface area contributed by atoms with Crippen molar-refractivity contribution >= 4 is 5.91 Å². The van der Waals surface area contributed by atoms with Gasteiger partial charge >= 0.3 is 0 Å². The molecule has 0 bridgehead atoms. The Morgan fingerprint density at radius 2 is 2.21 bits per heavy atom. The maximum Gasteiger partial charge on any atom is 0.272 e. The lowest BCUT2D eigenvalue weighted by Crippen LogP contribution is -2.47. The second kappa shape index (κ2) is 6.39. The van der Waals surface area contributed by atoms with Crippen LogP contribution in [0.5, 0.6) is 0 Å². The molecule has 3 rings (SSSR count). The summed E-state index contributed by atoms with van der Waals surface area (Å²) in [4.78, 5) is 12.7. The quantitative estimate of drug-likeness (QED) is 0.846. The van der Waals surface area contributed by atoms with Crippen LogP contribution in [0.3, 0.4) is 0 Å². The molecule has 1 aliphatic carbocycles. The van der Waals surface area contributed by atoms with E-state index in [0.29, 0.717) is 5.69 Å². The number of aryl methyl sites for hydroxylation is 1. The molecule has 0 spiro atoms. The molecule has 2 N–H and O–H groups in total. The smallest absolute Gasteiger partial charge is 0.272 e. The van der Waals surface area contributed by atoms with Gasteiger partial charge in [0.1, 0.15) is 5.69 Å². The molecule has 7 heteroatoms. The number of nitrogens with one attached hydrogen (secondary N) is 1. The predicted molar refractivity (Wildman–Crippen MR) is 89.4 cm³/mol. The molecule has 1 fully saturated rings. The summed E-state index contributed by atoms with van der Waals surface area (Å²) in [5.41, 5.74) is 1.01. The zero-order chi connectivity index (χ0) is 17.3. The number of hydrogen-bond acceptors (Lipinski definition) is 4. The van der Waals surface area contributed by atoms with Gasteiger partial charge in [0.2, 0.25) is 0 Å². The third-order valence-corrected chi connectivity index (χ3v) is 4.98. The first kappa shape index (κ1) is 16.7. The van der Waals surface area contributed by atoms with Crippen molar-refractivity contribution < 1.29 is 9.90 Å². The number of carbonyl (C=O) groups excluding carboxylic acids is 1. The minimum atomic E-state index is -0.306. The lowest BCUT2D eigenvalue weighted by atomic mass is 9.63. The zero-order valence-corrected chi connectivity index (χ0v) is 14.4. The molecule has 24 heavy (non-hydrogen) atoms. The maximum atomic E-state index is 12.7. The Bertz CT molecular complexity index is 709. The molecule has 0 aromatic carbocycles. The van der Waals surface area contributed by atoms with E-state index in [1.165, 1.54) is 0 Å². The van der Waals surface area contributed by atoms with Crippen molar-refractivity contribution in [1.82, 2.24) is 24.9 Å². The summed E-state index contributed by atoms with van der Waals surface area (Å²) in [5.74, 6) is -0.219. The molecule has 0 radical (unpaired) electrons. The van der Waals surface area contributed by atoms with Crippen LogP contribution in [-0.4, -0.2) is 37.2 Å². The molecule has 130 valence electrons. The molecule has 1 atom stereocenters. The minimum absolute atomic E-state index is 0.0489. The summed E-state index contributed by atoms with van der Waals surface area (Å²) in [5, 5.41) is 21.6. The molecule has 1 saturated carbocycles. The van der Waals surface area contributed by atoms with Gasteiger partial charge in [-0.3, -0.25) is 14.2 Å². The molecule has 2 aromatic rings. The standard InChI is InChI=1S/C17H25N5O2/c1-12(2)22-8-5-14(20-22)16(24)19-15(13-9-18-21(3)10-13)17(11-23)6-4-7-17/h5,8-10,12,15,23H,4,6-7,11H2,1-3H3,(H,19,24). The summed E-state index contributed by atoms with van der Waals surface area (Å²) in [6.07, 6.45) is 8.31. The van der Waals surface area contributed by atoms with Crippen LogP contribution in [0.1, 0.15) is 61.2 Å². The Morgan fingerprint density at radius 3 is 2.67 bits per heavy atom. The van der Waals surface area contributed by atoms with Crippen molar-refractivity contribution in [2.75, 3.05) is 6.61 Å². The summed E-state index contributed by atoms with van der Waals surface area (Å²) < 4.78 is 3.48. The summed E-state index contributed by atoms with van der Waals surface area (Å²) in [6, 6.07) is 1.67. The third-order valence-electron chi connectivity index (χ3n) is 4.98. The zero-order valence-electron chi connectivity index (χ0n) is 14.4. The average molecular weight is 331 g/mol. The first-order chi connectivity index (χ1) is 11.4. The highest BCUT2D eigenvalue weighted by molar-refractivity contribution is 5.92. The summed E-state index contributed by atoms with van der Waals surface area (Å²) in [7, 11) is 1.85. The highest BCUT2D eigenvalue weighted by Gasteiger charge is 2.45. The Balaban J connectivity index is 1.84. The largest absolute Gasteiger partial charge is 0.396 e. The van der Waals surface area contributed by atoms with Gasteiger partial charge in [0.05, 0.1) is 18.8 Å². The van der Waals surface area contributed by atoms with Crippen LogP contribution in [-0.2, 0) is 7.05 Å². The van der Waals surface area contributed by atoms with Crippen molar-refractivity contribution in [3.63, 3.8) is 0 Å². The number of amides is 1. The fraction of sp³-hybridized carbons (Fsp3) is 0.588. The highest BCUT2D eigenvalue weighted by atomic mass is 16.3. The fourth-order valence-electron chi connectivity index (χ4n) is 3.30. The third kappa shape index (κ3) is 2.96. The van der Waals surface area contributed by atoms with E-state index in [2.05, 4.69) is 15.5 Å². The molecule has 1 unspecified atom stereocenters. The SMILES string of the molecule is CC(C)n1ccc(C(=O)NC(c2cnn(C)c2)C2(CO)CCC2)n1. The molecule has 7 nitrogen and oxygen atoms in total. The van der Waals surface area contributed by atoms with E-state index in [1.54, 1.807) is 21.6 Å². The van der Waals surface area contributed by atoms with Crippen molar-refractivity contribution in [1.29, 1.82) is 0 Å². The van der Waals surface area contributed by atoms with Gasteiger partial charge in [-0.25, -0.2) is 0 Å². The molecule has 1 amide bonds. The fourth-order valence-corrected chi connectivity index (χ4v) is 3.30. The summed E-state index contributed by atoms with van der Waals surface area (Å²) >= 11 is 0. The van der Waals surface area contributed by atoms with E-state index >= 15 is 0 Å². The van der Waals surface area contributed by atoms with Gasteiger partial charge in [-0.1, -0.05) is 6.42 Å². The molecule has 1 aliphatic rings. The number of aromatic nitrogens is 4. The van der Waals surface area contributed by atoms with Gasteiger partial charge in [-0.2, -0.15) is 10.2 Å². The lowest BCUT2D eigenvalue weighted by Gasteiger charge is -2.46. The van der Waals surface area contributed by atoms with Crippen molar-refractivity contribution in [3.05, 3.63) is 35.9 Å². The van der Waals surface area contributed by atoms with E-state index in [9.17, 15) is 9.90 Å². The second-order valence-electron chi connectivity index (χ2n) is 7.00. The van der Waals surface area contributed by atoms with E-state index in [4.69, 9.17) is 0 Å². The van der Waals surface area contributed by atoms with Gasteiger partial charge in [0, 0.05) is 36.5 Å². The van der Waals surface area contributed by atoms with Gasteiger partial charge in [-0.05, 0) is 32.8 Å². The van der Waals surface area contributed by atoms with Crippen molar-refractivity contribution in [3.8, 4) is 0 Å². The van der Waals surface area contributed by atoms with Crippen LogP contribution in [0, 0.1) is 5.41 Å². The topological polar surface area (TPSA) is 85.0 Å². The van der Waals surface area contributed by atoms with Crippen LogP contribution < -0.4 is 5.32 Å². The Morgan fingerprint density at radius 1 is 1.46 bits per heavy atom. The van der Waals surface area contributed by atoms with E-state index in [-0.39, 0.29) is 30.0 Å². The predicted octanol–water partition coefficient (Wildman–Crippen LogP) is 1.83. The Kier molecular flexibility index (Phi) is 4.45. The number of carbonyl (C=O) groups is 1. The van der Waals surface area contributed by atoms with Crippen molar-refractivity contribution in [2.45, 2.75) is 45.2 Å². The van der Waals surface area contributed by atoms with Crippen LogP contribution >= 0.6 is 0 Å². The Hall–Kier alpha value is -2.15. The molecule has 0 saturated heterocycles. The molecule has 2 heterocycles. The number of aliphatic hydroxyl groups excluding tert-OH is 1. The number of hydrogen-bond donors (Lipinski definition) is 2. The monoisotopic (exact) mass is 331 g/mol. The van der Waals surface area contributed by atoms with E-state index in [1.807, 2.05) is 33.3 Å². The molecular weight excluding hydrogens is 306 g/mol. The average Bonchev–Trinajstić information content (AvgIpc) is 3.14. The number of rotatable bonds is 6. The minimum Gasteiger partial charge on any atom is -0.396 e. The molecule has 2 aromatic heterocycles. The summed E-state index contributed by atoms with van der Waals surface area (Å²) in [6.45, 7) is 4.08. The number of aliphatic hydroxyl groups is 1. The lowest BCUT2D eigenvalue weighted by molar-refractivity contribution is 0.00589. The van der Waals surface area contributed by atoms with Crippen LogP contribution in [0.25, 0.3) is 0 Å². The van der Waals surface area contributed by atoms with Gasteiger partial charge in [-0.15, -0.1) is 0 Å². The van der Waals surface area contributed by atoms with Crippen LogP contribution in [0.15, 0.2) is 24.7 Å². The van der Waals surface area contributed by atoms with Gasteiger partial charge in [0.25, 0.3) is 5.91 Å². The van der Waals surface area contributed by atoms with E-state index < -0.39 is 0 Å². The van der Waals surface area contributed by atoms with E-state index in [0.717, 1.165) is 24.8 Å².